The lowest BCUT2D eigenvalue weighted by atomic mass is 9.96. The van der Waals surface area contributed by atoms with E-state index in [1.165, 1.54) is 44.5 Å². The summed E-state index contributed by atoms with van der Waals surface area (Å²) in [5.41, 5.74) is 1.35. The highest BCUT2D eigenvalue weighted by molar-refractivity contribution is 5.26. The van der Waals surface area contributed by atoms with Crippen LogP contribution in [0.1, 0.15) is 24.8 Å². The van der Waals surface area contributed by atoms with Gasteiger partial charge in [-0.15, -0.1) is 0 Å². The van der Waals surface area contributed by atoms with Crippen LogP contribution in [0.25, 0.3) is 0 Å². The van der Waals surface area contributed by atoms with Crippen LogP contribution in [0.15, 0.2) is 24.3 Å². The van der Waals surface area contributed by atoms with E-state index in [9.17, 15) is 0 Å². The number of piperidine rings is 1. The number of hydrogen-bond acceptors (Lipinski definition) is 3. The van der Waals surface area contributed by atoms with Gasteiger partial charge in [0.05, 0.1) is 7.11 Å². The molecule has 1 aliphatic rings. The Labute approximate surface area is 116 Å². The molecule has 0 aliphatic carbocycles. The second-order valence-corrected chi connectivity index (χ2v) is 5.59. The van der Waals surface area contributed by atoms with Crippen LogP contribution in [0.2, 0.25) is 0 Å². The number of nitrogens with one attached hydrogen (secondary N) is 1. The number of ether oxygens (including phenoxy) is 1. The molecule has 3 nitrogen and oxygen atoms in total. The second-order valence-electron chi connectivity index (χ2n) is 5.59. The number of benzene rings is 1. The summed E-state index contributed by atoms with van der Waals surface area (Å²) in [6, 6.07) is 8.37. The van der Waals surface area contributed by atoms with E-state index in [0.29, 0.717) is 0 Å². The summed E-state index contributed by atoms with van der Waals surface area (Å²) in [7, 11) is 3.92. The first-order valence-electron chi connectivity index (χ1n) is 7.30. The Morgan fingerprint density at radius 2 is 2.11 bits per heavy atom. The molecule has 0 saturated carbocycles. The molecular formula is C16H26N2O. The average molecular weight is 262 g/mol. The lowest BCUT2D eigenvalue weighted by molar-refractivity contribution is 0.268. The van der Waals surface area contributed by atoms with E-state index in [-0.39, 0.29) is 0 Å². The minimum atomic E-state index is 0.868. The Morgan fingerprint density at radius 1 is 1.32 bits per heavy atom. The Hall–Kier alpha value is -1.06. The summed E-state index contributed by atoms with van der Waals surface area (Å²) >= 11 is 0. The molecule has 1 fully saturated rings. The van der Waals surface area contributed by atoms with Crippen LogP contribution in [0.4, 0.5) is 0 Å². The van der Waals surface area contributed by atoms with Gasteiger partial charge in [0.1, 0.15) is 5.75 Å². The monoisotopic (exact) mass is 262 g/mol. The normalized spacial score (nSPS) is 19.6. The summed E-state index contributed by atoms with van der Waals surface area (Å²) in [4.78, 5) is 2.41. The van der Waals surface area contributed by atoms with Crippen molar-refractivity contribution in [3.8, 4) is 5.75 Å². The second kappa shape index (κ2) is 7.51. The maximum atomic E-state index is 5.18. The van der Waals surface area contributed by atoms with E-state index in [0.717, 1.165) is 18.2 Å². The fourth-order valence-corrected chi connectivity index (χ4v) is 2.70. The van der Waals surface area contributed by atoms with Crippen LogP contribution >= 0.6 is 0 Å². The summed E-state index contributed by atoms with van der Waals surface area (Å²) in [5, 5.41) is 3.49. The van der Waals surface area contributed by atoms with Crippen LogP contribution in [0.5, 0.6) is 5.75 Å². The molecule has 2 rings (SSSR count). The van der Waals surface area contributed by atoms with Gasteiger partial charge >= 0.3 is 0 Å². The highest BCUT2D eigenvalue weighted by atomic mass is 16.5. The molecule has 1 N–H and O–H groups in total. The summed E-state index contributed by atoms with van der Waals surface area (Å²) < 4.78 is 5.18. The smallest absolute Gasteiger partial charge is 0.118 e. The molecular weight excluding hydrogens is 236 g/mol. The molecule has 3 heteroatoms. The van der Waals surface area contributed by atoms with Crippen LogP contribution in [0, 0.1) is 5.92 Å². The van der Waals surface area contributed by atoms with Crippen LogP contribution < -0.4 is 10.1 Å². The first-order chi connectivity index (χ1) is 9.28. The van der Waals surface area contributed by atoms with Gasteiger partial charge in [0.25, 0.3) is 0 Å². The van der Waals surface area contributed by atoms with Crippen molar-refractivity contribution in [2.45, 2.75) is 25.8 Å². The molecule has 1 atom stereocenters. The molecule has 1 unspecified atom stereocenters. The zero-order valence-corrected chi connectivity index (χ0v) is 12.2. The number of rotatable bonds is 6. The van der Waals surface area contributed by atoms with Gasteiger partial charge in [0, 0.05) is 6.54 Å². The van der Waals surface area contributed by atoms with E-state index in [2.05, 4.69) is 29.4 Å². The average Bonchev–Trinajstić information content (AvgIpc) is 2.47. The van der Waals surface area contributed by atoms with Crippen molar-refractivity contribution < 1.29 is 4.74 Å². The molecule has 1 aliphatic heterocycles. The lowest BCUT2D eigenvalue weighted by Crippen LogP contribution is -2.32. The lowest BCUT2D eigenvalue weighted by Gasteiger charge is -2.25. The van der Waals surface area contributed by atoms with E-state index >= 15 is 0 Å². The fraction of sp³-hybridized carbons (Fsp3) is 0.625. The van der Waals surface area contributed by atoms with Gasteiger partial charge in [-0.2, -0.15) is 0 Å². The molecule has 1 heterocycles. The Bertz CT molecular complexity index is 358. The van der Waals surface area contributed by atoms with Crippen molar-refractivity contribution >= 4 is 0 Å². The molecule has 0 aromatic heterocycles. The first kappa shape index (κ1) is 14.4. The zero-order chi connectivity index (χ0) is 13.5. The Morgan fingerprint density at radius 3 is 2.74 bits per heavy atom. The van der Waals surface area contributed by atoms with Gasteiger partial charge in [0.15, 0.2) is 0 Å². The molecule has 0 amide bonds. The molecule has 1 saturated heterocycles. The first-order valence-corrected chi connectivity index (χ1v) is 7.30. The predicted molar refractivity (Wildman–Crippen MR) is 79.5 cm³/mol. The van der Waals surface area contributed by atoms with Crippen molar-refractivity contribution in [3.63, 3.8) is 0 Å². The molecule has 106 valence electrons. The minimum absolute atomic E-state index is 0.868. The SMILES string of the molecule is COc1ccc(CN(C)CCC2CCCNC2)cc1. The number of hydrogen-bond donors (Lipinski definition) is 1. The predicted octanol–water partition coefficient (Wildman–Crippen LogP) is 2.52. The Balaban J connectivity index is 1.71. The number of methoxy groups -OCH3 is 1. The van der Waals surface area contributed by atoms with Crippen LogP contribution in [-0.4, -0.2) is 38.7 Å². The molecule has 0 radical (unpaired) electrons. The maximum absolute atomic E-state index is 5.18. The van der Waals surface area contributed by atoms with Crippen LogP contribution in [-0.2, 0) is 6.54 Å². The van der Waals surface area contributed by atoms with Crippen molar-refractivity contribution in [2.24, 2.45) is 5.92 Å². The molecule has 0 bridgehead atoms. The van der Waals surface area contributed by atoms with Gasteiger partial charge in [-0.25, -0.2) is 0 Å². The van der Waals surface area contributed by atoms with Gasteiger partial charge < -0.3 is 15.0 Å². The van der Waals surface area contributed by atoms with E-state index in [1.54, 1.807) is 7.11 Å². The van der Waals surface area contributed by atoms with Gasteiger partial charge in [-0.1, -0.05) is 12.1 Å². The third kappa shape index (κ3) is 4.84. The van der Waals surface area contributed by atoms with Crippen molar-refractivity contribution in [3.05, 3.63) is 29.8 Å². The third-order valence-corrected chi connectivity index (χ3v) is 3.93. The van der Waals surface area contributed by atoms with Crippen molar-refractivity contribution in [1.29, 1.82) is 0 Å². The highest BCUT2D eigenvalue weighted by Crippen LogP contribution is 2.16. The van der Waals surface area contributed by atoms with Gasteiger partial charge in [0.2, 0.25) is 0 Å². The molecule has 1 aromatic carbocycles. The zero-order valence-electron chi connectivity index (χ0n) is 12.2. The van der Waals surface area contributed by atoms with Crippen molar-refractivity contribution in [1.82, 2.24) is 10.2 Å². The van der Waals surface area contributed by atoms with E-state index in [4.69, 9.17) is 4.74 Å². The largest absolute Gasteiger partial charge is 0.497 e. The van der Waals surface area contributed by atoms with Crippen molar-refractivity contribution in [2.75, 3.05) is 33.8 Å². The van der Waals surface area contributed by atoms with Crippen LogP contribution in [0.3, 0.4) is 0 Å². The number of nitrogens with zero attached hydrogens (tertiary/aromatic N) is 1. The fourth-order valence-electron chi connectivity index (χ4n) is 2.70. The summed E-state index contributed by atoms with van der Waals surface area (Å²) in [6.45, 7) is 4.61. The third-order valence-electron chi connectivity index (χ3n) is 3.93. The molecule has 19 heavy (non-hydrogen) atoms. The highest BCUT2D eigenvalue weighted by Gasteiger charge is 2.13. The summed E-state index contributed by atoms with van der Waals surface area (Å²) in [6.07, 6.45) is 4.04. The summed E-state index contributed by atoms with van der Waals surface area (Å²) in [5.74, 6) is 1.80. The quantitative estimate of drug-likeness (QED) is 0.852. The minimum Gasteiger partial charge on any atom is -0.497 e. The molecule has 1 aromatic rings. The van der Waals surface area contributed by atoms with Gasteiger partial charge in [-0.3, -0.25) is 0 Å². The standard InChI is InChI=1S/C16H26N2O/c1-18(11-9-14-4-3-10-17-12-14)13-15-5-7-16(19-2)8-6-15/h5-8,14,17H,3-4,9-13H2,1-2H3. The van der Waals surface area contributed by atoms with E-state index < -0.39 is 0 Å². The Kier molecular flexibility index (Phi) is 5.67. The molecule has 0 spiro atoms. The van der Waals surface area contributed by atoms with E-state index in [1.807, 2.05) is 12.1 Å². The topological polar surface area (TPSA) is 24.5 Å². The van der Waals surface area contributed by atoms with Gasteiger partial charge in [-0.05, 0) is 69.6 Å². The maximum Gasteiger partial charge on any atom is 0.118 e.